The average Bonchev–Trinajstić information content (AvgIpc) is 2.04. The maximum atomic E-state index is 10.3. The summed E-state index contributed by atoms with van der Waals surface area (Å²) in [6.45, 7) is 3.66. The van der Waals surface area contributed by atoms with Crippen molar-refractivity contribution < 1.29 is 9.90 Å². The van der Waals surface area contributed by atoms with E-state index in [1.165, 1.54) is 0 Å². The van der Waals surface area contributed by atoms with E-state index in [9.17, 15) is 4.79 Å². The van der Waals surface area contributed by atoms with E-state index in [4.69, 9.17) is 10.8 Å². The molecule has 0 saturated carbocycles. The molecule has 13 heavy (non-hydrogen) atoms. The predicted octanol–water partition coefficient (Wildman–Crippen LogP) is 0.601. The molecule has 0 heterocycles. The van der Waals surface area contributed by atoms with E-state index in [0.717, 1.165) is 0 Å². The van der Waals surface area contributed by atoms with Gasteiger partial charge < -0.3 is 10.8 Å². The Bertz CT molecular complexity index is 244. The molecule has 72 valence electrons. The minimum Gasteiger partial charge on any atom is -0.480 e. The van der Waals surface area contributed by atoms with Crippen LogP contribution < -0.4 is 5.73 Å². The number of aliphatic imine (C=N–C) groups is 1. The van der Waals surface area contributed by atoms with Crippen molar-refractivity contribution in [3.63, 3.8) is 0 Å². The van der Waals surface area contributed by atoms with Gasteiger partial charge in [-0.1, -0.05) is 18.2 Å². The van der Waals surface area contributed by atoms with Gasteiger partial charge in [0.05, 0.1) is 0 Å². The summed E-state index contributed by atoms with van der Waals surface area (Å²) in [5.74, 6) is -1.02. The molecule has 4 nitrogen and oxygen atoms in total. The minimum absolute atomic E-state index is 0.253. The number of allylic oxidation sites excluding steroid dienone is 2. The Morgan fingerprint density at radius 1 is 1.77 bits per heavy atom. The van der Waals surface area contributed by atoms with Crippen LogP contribution in [0.2, 0.25) is 0 Å². The second kappa shape index (κ2) is 6.14. The van der Waals surface area contributed by atoms with Crippen LogP contribution >= 0.6 is 0 Å². The molecule has 0 spiro atoms. The predicted molar refractivity (Wildman–Crippen MR) is 52.9 cm³/mol. The molecule has 0 bridgehead atoms. The number of rotatable bonds is 5. The Morgan fingerprint density at radius 3 is 2.85 bits per heavy atom. The first kappa shape index (κ1) is 11.6. The third-order valence-corrected chi connectivity index (χ3v) is 1.37. The highest BCUT2D eigenvalue weighted by atomic mass is 16.4. The minimum atomic E-state index is -1.02. The second-order valence-corrected chi connectivity index (χ2v) is 2.57. The summed E-state index contributed by atoms with van der Waals surface area (Å²) in [7, 11) is 1.65. The van der Waals surface area contributed by atoms with E-state index in [-0.39, 0.29) is 6.42 Å². The van der Waals surface area contributed by atoms with E-state index in [0.29, 0.717) is 5.57 Å². The number of hydrogen-bond acceptors (Lipinski definition) is 3. The molecule has 0 rings (SSSR count). The zero-order valence-corrected chi connectivity index (χ0v) is 7.60. The van der Waals surface area contributed by atoms with Crippen molar-refractivity contribution in [3.8, 4) is 0 Å². The van der Waals surface area contributed by atoms with Gasteiger partial charge in [0, 0.05) is 13.3 Å². The normalized spacial score (nSPS) is 13.7. The first-order valence-electron chi connectivity index (χ1n) is 3.83. The Balaban J connectivity index is 3.94. The molecule has 0 fully saturated rings. The summed E-state index contributed by atoms with van der Waals surface area (Å²) >= 11 is 0. The molecule has 0 aliphatic carbocycles. The van der Waals surface area contributed by atoms with Crippen molar-refractivity contribution in [1.82, 2.24) is 0 Å². The van der Waals surface area contributed by atoms with E-state index >= 15 is 0 Å². The van der Waals surface area contributed by atoms with Gasteiger partial charge in [-0.25, -0.2) is 0 Å². The van der Waals surface area contributed by atoms with E-state index in [1.807, 2.05) is 0 Å². The van der Waals surface area contributed by atoms with Crippen molar-refractivity contribution in [2.75, 3.05) is 7.05 Å². The van der Waals surface area contributed by atoms with Gasteiger partial charge in [0.15, 0.2) is 0 Å². The fourth-order valence-electron chi connectivity index (χ4n) is 0.703. The maximum Gasteiger partial charge on any atom is 0.320 e. The fourth-order valence-corrected chi connectivity index (χ4v) is 0.703. The number of nitrogens with zero attached hydrogens (tertiary/aromatic N) is 1. The first-order chi connectivity index (χ1) is 6.07. The van der Waals surface area contributed by atoms with E-state index < -0.39 is 12.0 Å². The Morgan fingerprint density at radius 2 is 2.38 bits per heavy atom. The van der Waals surface area contributed by atoms with Crippen molar-refractivity contribution in [2.45, 2.75) is 12.5 Å². The number of carbonyl (C=O) groups is 1. The number of aliphatic carboxylic acids is 1. The molecule has 3 N–H and O–H groups in total. The van der Waals surface area contributed by atoms with Crippen molar-refractivity contribution in [3.05, 3.63) is 24.3 Å². The molecule has 0 aromatic rings. The van der Waals surface area contributed by atoms with Gasteiger partial charge in [-0.05, 0) is 12.5 Å². The fraction of sp³-hybridized carbons (Fsp3) is 0.333. The Hall–Kier alpha value is -1.42. The van der Waals surface area contributed by atoms with Gasteiger partial charge in [0.25, 0.3) is 0 Å². The van der Waals surface area contributed by atoms with Gasteiger partial charge in [0.2, 0.25) is 0 Å². The van der Waals surface area contributed by atoms with Gasteiger partial charge >= 0.3 is 5.97 Å². The van der Waals surface area contributed by atoms with Gasteiger partial charge in [-0.3, -0.25) is 9.79 Å². The molecule has 1 unspecified atom stereocenters. The lowest BCUT2D eigenvalue weighted by atomic mass is 10.1. The molecule has 0 aliphatic heterocycles. The molecule has 0 aliphatic rings. The summed E-state index contributed by atoms with van der Waals surface area (Å²) in [6, 6.07) is -0.879. The quantitative estimate of drug-likeness (QED) is 0.483. The van der Waals surface area contributed by atoms with Crippen LogP contribution in [0.25, 0.3) is 0 Å². The van der Waals surface area contributed by atoms with Crippen LogP contribution in [0.3, 0.4) is 0 Å². The van der Waals surface area contributed by atoms with Crippen LogP contribution in [-0.2, 0) is 4.79 Å². The molecule has 0 amide bonds. The first-order valence-corrected chi connectivity index (χ1v) is 3.83. The summed E-state index contributed by atoms with van der Waals surface area (Å²) in [6.07, 6.45) is 5.23. The lowest BCUT2D eigenvalue weighted by Crippen LogP contribution is -2.30. The molecule has 0 aromatic heterocycles. The lowest BCUT2D eigenvalue weighted by Gasteiger charge is -2.04. The van der Waals surface area contributed by atoms with Crippen molar-refractivity contribution in [2.24, 2.45) is 10.7 Å². The lowest BCUT2D eigenvalue weighted by molar-refractivity contribution is -0.138. The topological polar surface area (TPSA) is 75.7 Å². The molecule has 0 saturated heterocycles. The second-order valence-electron chi connectivity index (χ2n) is 2.57. The highest BCUT2D eigenvalue weighted by Gasteiger charge is 2.10. The summed E-state index contributed by atoms with van der Waals surface area (Å²) in [5.41, 5.74) is 5.97. The van der Waals surface area contributed by atoms with Crippen LogP contribution in [0.4, 0.5) is 0 Å². The summed E-state index contributed by atoms with van der Waals surface area (Å²) < 4.78 is 0. The molecule has 0 aromatic carbocycles. The Kier molecular flexibility index (Phi) is 5.47. The smallest absolute Gasteiger partial charge is 0.320 e. The monoisotopic (exact) mass is 182 g/mol. The molecule has 1 atom stereocenters. The number of carboxylic acid groups (broad SMARTS) is 1. The van der Waals surface area contributed by atoms with Gasteiger partial charge in [-0.2, -0.15) is 0 Å². The highest BCUT2D eigenvalue weighted by Crippen LogP contribution is 2.02. The van der Waals surface area contributed by atoms with Crippen LogP contribution in [-0.4, -0.2) is 30.4 Å². The largest absolute Gasteiger partial charge is 0.480 e. The summed E-state index contributed by atoms with van der Waals surface area (Å²) in [4.78, 5) is 14.1. The molecular weight excluding hydrogens is 168 g/mol. The standard InChI is InChI=1S/C9H14N2O2/c1-7(4-3-5-11-2)6-8(10)9(12)13/h3-5,8H,1,6,10H2,2H3,(H,12,13)/b4-3-,11-5+. The van der Waals surface area contributed by atoms with E-state index in [2.05, 4.69) is 11.6 Å². The van der Waals surface area contributed by atoms with Crippen LogP contribution in [0.15, 0.2) is 29.3 Å². The SMILES string of the molecule is C=C(/C=C\C=N\C)CC(N)C(=O)O. The molecule has 4 heteroatoms. The average molecular weight is 182 g/mol. The van der Waals surface area contributed by atoms with E-state index in [1.54, 1.807) is 25.4 Å². The van der Waals surface area contributed by atoms with Crippen molar-refractivity contribution in [1.29, 1.82) is 0 Å². The van der Waals surface area contributed by atoms with Gasteiger partial charge in [0.1, 0.15) is 6.04 Å². The van der Waals surface area contributed by atoms with Crippen LogP contribution in [0, 0.1) is 0 Å². The third-order valence-electron chi connectivity index (χ3n) is 1.37. The van der Waals surface area contributed by atoms with Gasteiger partial charge in [-0.15, -0.1) is 0 Å². The number of hydrogen-bond donors (Lipinski definition) is 2. The summed E-state index contributed by atoms with van der Waals surface area (Å²) in [5, 5.41) is 8.49. The zero-order chi connectivity index (χ0) is 10.3. The maximum absolute atomic E-state index is 10.3. The van der Waals surface area contributed by atoms with Crippen LogP contribution in [0.5, 0.6) is 0 Å². The van der Waals surface area contributed by atoms with Crippen LogP contribution in [0.1, 0.15) is 6.42 Å². The number of carboxylic acids is 1. The number of nitrogens with two attached hydrogens (primary N) is 1. The zero-order valence-electron chi connectivity index (χ0n) is 7.60. The van der Waals surface area contributed by atoms with Crippen molar-refractivity contribution >= 4 is 12.2 Å². The molecule has 0 radical (unpaired) electrons. The molecular formula is C9H14N2O2. The third kappa shape index (κ3) is 5.81. The highest BCUT2D eigenvalue weighted by molar-refractivity contribution is 5.74. The Labute approximate surface area is 77.5 Å².